The lowest BCUT2D eigenvalue weighted by atomic mass is 10.1. The Balaban J connectivity index is 1.99. The summed E-state index contributed by atoms with van der Waals surface area (Å²) in [6, 6.07) is 6.16. The van der Waals surface area contributed by atoms with Crippen LogP contribution < -0.4 is 15.4 Å². The zero-order valence-corrected chi connectivity index (χ0v) is 16.1. The monoisotopic (exact) mass is 458 g/mol. The van der Waals surface area contributed by atoms with Crippen molar-refractivity contribution in [3.8, 4) is 5.75 Å². The highest BCUT2D eigenvalue weighted by molar-refractivity contribution is 6.38. The summed E-state index contributed by atoms with van der Waals surface area (Å²) in [7, 11) is 1.43. The van der Waals surface area contributed by atoms with Crippen LogP contribution in [0.15, 0.2) is 36.4 Å². The van der Waals surface area contributed by atoms with Gasteiger partial charge in [0.2, 0.25) is 5.95 Å². The van der Waals surface area contributed by atoms with Gasteiger partial charge in [0.1, 0.15) is 11.5 Å². The van der Waals surface area contributed by atoms with Crippen molar-refractivity contribution in [2.75, 3.05) is 10.6 Å². The molecule has 0 unspecified atom stereocenters. The Bertz CT molecular complexity index is 1150. The number of anilines is 2. The van der Waals surface area contributed by atoms with Crippen molar-refractivity contribution in [1.29, 1.82) is 0 Å². The SMILES string of the molecule is Cn1nnnc1NC(=O)c1ccc(OC(F)(F)F)c(NC(=O)c2cccc(F)c2)c1Cl. The van der Waals surface area contributed by atoms with Crippen LogP contribution in [0.25, 0.3) is 0 Å². The van der Waals surface area contributed by atoms with Gasteiger partial charge in [-0.3, -0.25) is 14.9 Å². The second-order valence-corrected chi connectivity index (χ2v) is 6.27. The minimum atomic E-state index is -5.12. The average molecular weight is 459 g/mol. The Labute approximate surface area is 175 Å². The first kappa shape index (κ1) is 22.0. The van der Waals surface area contributed by atoms with E-state index in [-0.39, 0.29) is 17.1 Å². The predicted octanol–water partition coefficient (Wildman–Crippen LogP) is 3.41. The quantitative estimate of drug-likeness (QED) is 0.567. The molecule has 0 aliphatic carbocycles. The molecular formula is C17H11ClF4N6O3. The molecule has 3 aromatic rings. The summed E-state index contributed by atoms with van der Waals surface area (Å²) in [5.41, 5.74) is -1.15. The van der Waals surface area contributed by atoms with Gasteiger partial charge >= 0.3 is 6.36 Å². The lowest BCUT2D eigenvalue weighted by molar-refractivity contribution is -0.274. The Morgan fingerprint density at radius 3 is 2.48 bits per heavy atom. The van der Waals surface area contributed by atoms with Crippen molar-refractivity contribution in [1.82, 2.24) is 20.2 Å². The molecule has 1 heterocycles. The summed E-state index contributed by atoms with van der Waals surface area (Å²) in [6.45, 7) is 0. The molecule has 0 saturated carbocycles. The summed E-state index contributed by atoms with van der Waals surface area (Å²) in [4.78, 5) is 24.9. The summed E-state index contributed by atoms with van der Waals surface area (Å²) >= 11 is 6.12. The molecule has 0 atom stereocenters. The highest BCUT2D eigenvalue weighted by Crippen LogP contribution is 2.38. The molecule has 2 amide bonds. The van der Waals surface area contributed by atoms with E-state index in [1.807, 2.05) is 0 Å². The third kappa shape index (κ3) is 5.25. The summed E-state index contributed by atoms with van der Waals surface area (Å²) in [5, 5.41) is 14.3. The number of alkyl halides is 3. The van der Waals surface area contributed by atoms with Crippen LogP contribution in [-0.4, -0.2) is 38.4 Å². The van der Waals surface area contributed by atoms with Gasteiger partial charge in [-0.2, -0.15) is 0 Å². The van der Waals surface area contributed by atoms with Gasteiger partial charge in [-0.1, -0.05) is 22.8 Å². The van der Waals surface area contributed by atoms with Crippen LogP contribution in [0.2, 0.25) is 5.02 Å². The van der Waals surface area contributed by atoms with Gasteiger partial charge in [0.25, 0.3) is 11.8 Å². The van der Waals surface area contributed by atoms with Crippen molar-refractivity contribution >= 4 is 35.1 Å². The van der Waals surface area contributed by atoms with Gasteiger partial charge in [0.05, 0.1) is 10.6 Å². The number of nitrogens with one attached hydrogen (secondary N) is 2. The van der Waals surface area contributed by atoms with E-state index in [0.717, 1.165) is 28.9 Å². The standard InChI is InChI=1S/C17H11ClF4N6O3/c1-28-16(25-26-27-28)24-15(30)10-5-6-11(31-17(20,21)22)13(12(10)18)23-14(29)8-3-2-4-9(19)7-8/h2-7H,1H3,(H,23,29)(H,24,25,27,30). The number of amides is 2. The highest BCUT2D eigenvalue weighted by Gasteiger charge is 2.34. The fourth-order valence-electron chi connectivity index (χ4n) is 2.38. The van der Waals surface area contributed by atoms with Crippen LogP contribution >= 0.6 is 11.6 Å². The van der Waals surface area contributed by atoms with Gasteiger partial charge in [-0.05, 0) is 40.8 Å². The number of hydrogen-bond donors (Lipinski definition) is 2. The van der Waals surface area contributed by atoms with Gasteiger partial charge in [-0.15, -0.1) is 13.2 Å². The number of rotatable bonds is 5. The second kappa shape index (κ2) is 8.55. The number of benzene rings is 2. The van der Waals surface area contributed by atoms with E-state index in [0.29, 0.717) is 0 Å². The van der Waals surface area contributed by atoms with E-state index in [9.17, 15) is 27.2 Å². The zero-order chi connectivity index (χ0) is 22.8. The lowest BCUT2D eigenvalue weighted by Crippen LogP contribution is -2.21. The maximum absolute atomic E-state index is 13.4. The molecule has 0 radical (unpaired) electrons. The van der Waals surface area contributed by atoms with Crippen molar-refractivity contribution in [3.05, 3.63) is 58.4 Å². The van der Waals surface area contributed by atoms with E-state index in [1.165, 1.54) is 19.2 Å². The molecule has 0 aliphatic heterocycles. The molecular weight excluding hydrogens is 448 g/mol. The molecule has 2 N–H and O–H groups in total. The minimum Gasteiger partial charge on any atom is -0.404 e. The Morgan fingerprint density at radius 1 is 1.13 bits per heavy atom. The number of aryl methyl sites for hydroxylation is 1. The fourth-order valence-corrected chi connectivity index (χ4v) is 2.67. The number of hydrogen-bond acceptors (Lipinski definition) is 6. The summed E-state index contributed by atoms with van der Waals surface area (Å²) in [5.74, 6) is -3.54. The Kier molecular flexibility index (Phi) is 6.06. The first-order valence-corrected chi connectivity index (χ1v) is 8.62. The topological polar surface area (TPSA) is 111 Å². The maximum atomic E-state index is 13.4. The first-order chi connectivity index (χ1) is 14.5. The molecule has 0 bridgehead atoms. The first-order valence-electron chi connectivity index (χ1n) is 8.24. The van der Waals surface area contributed by atoms with Crippen molar-refractivity contribution in [3.63, 3.8) is 0 Å². The number of halogens is 5. The molecule has 2 aromatic carbocycles. The molecule has 0 spiro atoms. The molecule has 14 heteroatoms. The molecule has 1 aromatic heterocycles. The third-order valence-corrected chi connectivity index (χ3v) is 4.14. The average Bonchev–Trinajstić information content (AvgIpc) is 3.08. The second-order valence-electron chi connectivity index (χ2n) is 5.89. The van der Waals surface area contributed by atoms with Crippen molar-refractivity contribution in [2.45, 2.75) is 6.36 Å². The Hall–Kier alpha value is -3.74. The van der Waals surface area contributed by atoms with Crippen LogP contribution in [0.5, 0.6) is 5.75 Å². The van der Waals surface area contributed by atoms with Crippen LogP contribution in [0.1, 0.15) is 20.7 Å². The normalized spacial score (nSPS) is 11.2. The number of nitrogens with zero attached hydrogens (tertiary/aromatic N) is 4. The third-order valence-electron chi connectivity index (χ3n) is 3.74. The van der Waals surface area contributed by atoms with Gasteiger partial charge < -0.3 is 10.1 Å². The molecule has 3 rings (SSSR count). The maximum Gasteiger partial charge on any atom is 0.573 e. The van der Waals surface area contributed by atoms with Gasteiger partial charge in [0.15, 0.2) is 5.75 Å². The minimum absolute atomic E-state index is 0.0676. The molecule has 0 aliphatic rings. The van der Waals surface area contributed by atoms with Gasteiger partial charge in [0, 0.05) is 12.6 Å². The fraction of sp³-hybridized carbons (Fsp3) is 0.118. The molecule has 31 heavy (non-hydrogen) atoms. The van der Waals surface area contributed by atoms with Crippen molar-refractivity contribution in [2.24, 2.45) is 7.05 Å². The lowest BCUT2D eigenvalue weighted by Gasteiger charge is -2.17. The van der Waals surface area contributed by atoms with E-state index in [2.05, 4.69) is 30.9 Å². The molecule has 0 fully saturated rings. The number of aromatic nitrogens is 4. The highest BCUT2D eigenvalue weighted by atomic mass is 35.5. The molecule has 0 saturated heterocycles. The van der Waals surface area contributed by atoms with E-state index in [4.69, 9.17) is 11.6 Å². The zero-order valence-electron chi connectivity index (χ0n) is 15.4. The molecule has 9 nitrogen and oxygen atoms in total. The number of carbonyl (C=O) groups is 2. The summed E-state index contributed by atoms with van der Waals surface area (Å²) in [6.07, 6.45) is -5.12. The summed E-state index contributed by atoms with van der Waals surface area (Å²) < 4.78 is 56.8. The van der Waals surface area contributed by atoms with Crippen LogP contribution in [-0.2, 0) is 7.05 Å². The number of ether oxygens (including phenoxy) is 1. The van der Waals surface area contributed by atoms with E-state index < -0.39 is 40.5 Å². The van der Waals surface area contributed by atoms with E-state index in [1.54, 1.807) is 0 Å². The number of tetrazole rings is 1. The predicted molar refractivity (Wildman–Crippen MR) is 99.2 cm³/mol. The van der Waals surface area contributed by atoms with E-state index >= 15 is 0 Å². The van der Waals surface area contributed by atoms with Crippen LogP contribution in [0.3, 0.4) is 0 Å². The van der Waals surface area contributed by atoms with Crippen LogP contribution in [0, 0.1) is 5.82 Å². The van der Waals surface area contributed by atoms with Crippen LogP contribution in [0.4, 0.5) is 29.2 Å². The Morgan fingerprint density at radius 2 is 1.87 bits per heavy atom. The largest absolute Gasteiger partial charge is 0.573 e. The van der Waals surface area contributed by atoms with Gasteiger partial charge in [-0.25, -0.2) is 9.07 Å². The molecule has 162 valence electrons. The smallest absolute Gasteiger partial charge is 0.404 e. The van der Waals surface area contributed by atoms with Crippen molar-refractivity contribution < 1.29 is 31.9 Å². The number of carbonyl (C=O) groups excluding carboxylic acids is 2.